The van der Waals surface area contributed by atoms with Crippen molar-refractivity contribution in [3.8, 4) is 0 Å². The summed E-state index contributed by atoms with van der Waals surface area (Å²) >= 11 is 0. The lowest BCUT2D eigenvalue weighted by atomic mass is 9.64. The predicted octanol–water partition coefficient (Wildman–Crippen LogP) is 0.546. The van der Waals surface area contributed by atoms with E-state index in [-0.39, 0.29) is 12.4 Å². The summed E-state index contributed by atoms with van der Waals surface area (Å²) in [6.45, 7) is 1.95. The normalized spacial score (nSPS) is 30.3. The molecular weight excluding hydrogens is 138 g/mol. The molecule has 2 aliphatic rings. The van der Waals surface area contributed by atoms with Crippen molar-refractivity contribution in [3.05, 3.63) is 0 Å². The van der Waals surface area contributed by atoms with Crippen molar-refractivity contribution < 1.29 is 4.74 Å². The van der Waals surface area contributed by atoms with Crippen LogP contribution >= 0.6 is 12.4 Å². The number of nitrogens with two attached hydrogens (primary N) is 1. The SMILES string of the molecule is Cl.NC1CC2(COC2)C1. The van der Waals surface area contributed by atoms with Crippen LogP contribution in [0, 0.1) is 5.41 Å². The molecule has 54 valence electrons. The van der Waals surface area contributed by atoms with Crippen LogP contribution in [0.5, 0.6) is 0 Å². The Hall–Kier alpha value is 0.210. The highest BCUT2D eigenvalue weighted by Crippen LogP contribution is 2.45. The molecule has 0 aromatic carbocycles. The molecule has 2 fully saturated rings. The number of halogens is 1. The van der Waals surface area contributed by atoms with E-state index in [1.807, 2.05) is 0 Å². The van der Waals surface area contributed by atoms with Crippen molar-refractivity contribution in [1.82, 2.24) is 0 Å². The van der Waals surface area contributed by atoms with Gasteiger partial charge in [0.25, 0.3) is 0 Å². The van der Waals surface area contributed by atoms with Crippen LogP contribution < -0.4 is 5.73 Å². The minimum atomic E-state index is 0. The molecule has 1 spiro atoms. The van der Waals surface area contributed by atoms with E-state index in [0.29, 0.717) is 11.5 Å². The monoisotopic (exact) mass is 149 g/mol. The van der Waals surface area contributed by atoms with Gasteiger partial charge in [0, 0.05) is 11.5 Å². The standard InChI is InChI=1S/C6H11NO.ClH/c7-5-1-6(2-5)3-8-4-6;/h5H,1-4,7H2;1H. The van der Waals surface area contributed by atoms with Gasteiger partial charge in [-0.15, -0.1) is 12.4 Å². The Bertz CT molecular complexity index is 106. The molecule has 2 rings (SSSR count). The number of hydrogen-bond acceptors (Lipinski definition) is 2. The van der Waals surface area contributed by atoms with E-state index < -0.39 is 0 Å². The van der Waals surface area contributed by atoms with Gasteiger partial charge in [0.05, 0.1) is 13.2 Å². The van der Waals surface area contributed by atoms with Crippen LogP contribution in [0.25, 0.3) is 0 Å². The Morgan fingerprint density at radius 2 is 1.89 bits per heavy atom. The van der Waals surface area contributed by atoms with Crippen LogP contribution in [0.2, 0.25) is 0 Å². The highest BCUT2D eigenvalue weighted by molar-refractivity contribution is 5.85. The molecule has 0 bridgehead atoms. The molecule has 2 N–H and O–H groups in total. The second-order valence-corrected chi connectivity index (χ2v) is 3.16. The van der Waals surface area contributed by atoms with Crippen LogP contribution in [0.15, 0.2) is 0 Å². The fourth-order valence-electron chi connectivity index (χ4n) is 1.68. The van der Waals surface area contributed by atoms with Crippen molar-refractivity contribution in [2.75, 3.05) is 13.2 Å². The molecule has 1 heterocycles. The van der Waals surface area contributed by atoms with Gasteiger partial charge in [-0.05, 0) is 12.8 Å². The summed E-state index contributed by atoms with van der Waals surface area (Å²) in [6.07, 6.45) is 2.40. The fourth-order valence-corrected chi connectivity index (χ4v) is 1.68. The first-order valence-electron chi connectivity index (χ1n) is 3.14. The summed E-state index contributed by atoms with van der Waals surface area (Å²) in [7, 11) is 0. The Balaban J connectivity index is 0.000000405. The topological polar surface area (TPSA) is 35.2 Å². The smallest absolute Gasteiger partial charge is 0.0545 e. The molecule has 0 atom stereocenters. The van der Waals surface area contributed by atoms with Crippen molar-refractivity contribution in [3.63, 3.8) is 0 Å². The van der Waals surface area contributed by atoms with Crippen molar-refractivity contribution in [2.45, 2.75) is 18.9 Å². The zero-order chi connectivity index (χ0) is 5.61. The summed E-state index contributed by atoms with van der Waals surface area (Å²) in [5.41, 5.74) is 6.18. The molecular formula is C6H12ClNO. The first-order chi connectivity index (χ1) is 3.81. The maximum atomic E-state index is 5.61. The van der Waals surface area contributed by atoms with E-state index in [0.717, 1.165) is 13.2 Å². The van der Waals surface area contributed by atoms with E-state index in [1.54, 1.807) is 0 Å². The first kappa shape index (κ1) is 7.32. The Labute approximate surface area is 61.2 Å². The average molecular weight is 150 g/mol. The molecule has 1 saturated heterocycles. The number of rotatable bonds is 0. The van der Waals surface area contributed by atoms with Crippen molar-refractivity contribution in [1.29, 1.82) is 0 Å². The summed E-state index contributed by atoms with van der Waals surface area (Å²) in [5.74, 6) is 0. The molecule has 0 aromatic heterocycles. The van der Waals surface area contributed by atoms with Crippen LogP contribution in [-0.4, -0.2) is 19.3 Å². The predicted molar refractivity (Wildman–Crippen MR) is 37.7 cm³/mol. The number of hydrogen-bond donors (Lipinski definition) is 1. The van der Waals surface area contributed by atoms with E-state index in [1.165, 1.54) is 12.8 Å². The molecule has 1 saturated carbocycles. The molecule has 0 radical (unpaired) electrons. The Morgan fingerprint density at radius 1 is 1.33 bits per heavy atom. The van der Waals surface area contributed by atoms with Crippen LogP contribution in [0.4, 0.5) is 0 Å². The largest absolute Gasteiger partial charge is 0.380 e. The third-order valence-corrected chi connectivity index (χ3v) is 2.21. The van der Waals surface area contributed by atoms with E-state index in [4.69, 9.17) is 10.5 Å². The summed E-state index contributed by atoms with van der Waals surface area (Å²) in [4.78, 5) is 0. The van der Waals surface area contributed by atoms with Gasteiger partial charge in [-0.1, -0.05) is 0 Å². The molecule has 0 amide bonds. The number of ether oxygens (including phenoxy) is 1. The van der Waals surface area contributed by atoms with Crippen LogP contribution in [-0.2, 0) is 4.74 Å². The lowest BCUT2D eigenvalue weighted by Crippen LogP contribution is -2.57. The second-order valence-electron chi connectivity index (χ2n) is 3.16. The van der Waals surface area contributed by atoms with Crippen LogP contribution in [0.1, 0.15) is 12.8 Å². The maximum Gasteiger partial charge on any atom is 0.0545 e. The van der Waals surface area contributed by atoms with Gasteiger partial charge in [0.1, 0.15) is 0 Å². The van der Waals surface area contributed by atoms with E-state index >= 15 is 0 Å². The maximum absolute atomic E-state index is 5.61. The second kappa shape index (κ2) is 2.11. The highest BCUT2D eigenvalue weighted by atomic mass is 35.5. The van der Waals surface area contributed by atoms with Gasteiger partial charge in [-0.3, -0.25) is 0 Å². The summed E-state index contributed by atoms with van der Waals surface area (Å²) < 4.78 is 5.07. The third kappa shape index (κ3) is 0.955. The highest BCUT2D eigenvalue weighted by Gasteiger charge is 2.48. The quantitative estimate of drug-likeness (QED) is 0.546. The molecule has 3 heteroatoms. The van der Waals surface area contributed by atoms with Gasteiger partial charge in [0.2, 0.25) is 0 Å². The molecule has 2 nitrogen and oxygen atoms in total. The molecule has 9 heavy (non-hydrogen) atoms. The van der Waals surface area contributed by atoms with Gasteiger partial charge in [-0.2, -0.15) is 0 Å². The first-order valence-corrected chi connectivity index (χ1v) is 3.14. The van der Waals surface area contributed by atoms with E-state index in [2.05, 4.69) is 0 Å². The van der Waals surface area contributed by atoms with Gasteiger partial charge in [-0.25, -0.2) is 0 Å². The average Bonchev–Trinajstić information content (AvgIpc) is 1.51. The molecule has 0 aromatic rings. The van der Waals surface area contributed by atoms with E-state index in [9.17, 15) is 0 Å². The zero-order valence-electron chi connectivity index (χ0n) is 5.30. The lowest BCUT2D eigenvalue weighted by molar-refractivity contribution is -0.162. The molecule has 0 unspecified atom stereocenters. The molecule has 1 aliphatic heterocycles. The van der Waals surface area contributed by atoms with Gasteiger partial charge in [0.15, 0.2) is 0 Å². The minimum absolute atomic E-state index is 0. The molecule has 1 aliphatic carbocycles. The summed E-state index contributed by atoms with van der Waals surface area (Å²) in [6, 6.07) is 0.485. The van der Waals surface area contributed by atoms with Crippen LogP contribution in [0.3, 0.4) is 0 Å². The summed E-state index contributed by atoms with van der Waals surface area (Å²) in [5, 5.41) is 0. The Morgan fingerprint density at radius 3 is 2.00 bits per heavy atom. The fraction of sp³-hybridized carbons (Fsp3) is 1.00. The van der Waals surface area contributed by atoms with Gasteiger partial charge < -0.3 is 10.5 Å². The zero-order valence-corrected chi connectivity index (χ0v) is 6.12. The lowest BCUT2D eigenvalue weighted by Gasteiger charge is -2.52. The van der Waals surface area contributed by atoms with Crippen molar-refractivity contribution in [2.24, 2.45) is 11.1 Å². The van der Waals surface area contributed by atoms with Gasteiger partial charge >= 0.3 is 0 Å². The van der Waals surface area contributed by atoms with Crippen molar-refractivity contribution >= 4 is 12.4 Å². The Kier molecular flexibility index (Phi) is 1.72. The minimum Gasteiger partial charge on any atom is -0.380 e. The third-order valence-electron chi connectivity index (χ3n) is 2.21.